The maximum absolute atomic E-state index is 11.2. The lowest BCUT2D eigenvalue weighted by Crippen LogP contribution is -2.54. The van der Waals surface area contributed by atoms with Gasteiger partial charge < -0.3 is 0 Å². The van der Waals surface area contributed by atoms with Crippen molar-refractivity contribution in [3.63, 3.8) is 0 Å². The van der Waals surface area contributed by atoms with Gasteiger partial charge in [-0.25, -0.2) is 0 Å². The van der Waals surface area contributed by atoms with Crippen molar-refractivity contribution in [1.82, 2.24) is 10.4 Å². The predicted octanol–water partition coefficient (Wildman–Crippen LogP) is -0.383. The molecule has 1 saturated heterocycles. The summed E-state index contributed by atoms with van der Waals surface area (Å²) in [5.41, 5.74) is 2.39. The average molecular weight is 184 g/mol. The molecule has 13 heavy (non-hydrogen) atoms. The van der Waals surface area contributed by atoms with Crippen molar-refractivity contribution in [3.05, 3.63) is 0 Å². The predicted molar refractivity (Wildman–Crippen MR) is 44.4 cm³/mol. The molecule has 1 aliphatic rings. The Kier molecular flexibility index (Phi) is 2.65. The van der Waals surface area contributed by atoms with Gasteiger partial charge in [0.15, 0.2) is 0 Å². The van der Waals surface area contributed by atoms with Crippen LogP contribution in [-0.2, 0) is 14.4 Å². The van der Waals surface area contributed by atoms with Gasteiger partial charge in [0, 0.05) is 13.3 Å². The highest BCUT2D eigenvalue weighted by Crippen LogP contribution is 2.12. The number of hydrogen-bond acceptors (Lipinski definition) is 3. The van der Waals surface area contributed by atoms with Crippen LogP contribution >= 0.6 is 0 Å². The molecule has 0 aromatic carbocycles. The molecule has 1 N–H and O–H groups in total. The number of amides is 2. The number of rotatable bonds is 1. The van der Waals surface area contributed by atoms with E-state index in [4.69, 9.17) is 0 Å². The molecule has 1 aliphatic heterocycles. The first kappa shape index (κ1) is 9.70. The second-order valence-corrected chi connectivity index (χ2v) is 3.20. The van der Waals surface area contributed by atoms with E-state index in [2.05, 4.69) is 5.43 Å². The minimum atomic E-state index is -0.334. The third-order valence-electron chi connectivity index (χ3n) is 1.86. The van der Waals surface area contributed by atoms with E-state index < -0.39 is 0 Å². The smallest absolute Gasteiger partial charge is 0.248 e. The minimum Gasteiger partial charge on any atom is -0.299 e. The number of hydrogen-bond donors (Lipinski definition) is 1. The van der Waals surface area contributed by atoms with Crippen LogP contribution in [0.2, 0.25) is 0 Å². The first-order chi connectivity index (χ1) is 6.00. The van der Waals surface area contributed by atoms with Gasteiger partial charge >= 0.3 is 0 Å². The highest BCUT2D eigenvalue weighted by molar-refractivity contribution is 6.01. The van der Waals surface area contributed by atoms with E-state index in [9.17, 15) is 14.4 Å². The van der Waals surface area contributed by atoms with Crippen LogP contribution in [0.5, 0.6) is 0 Å². The Balaban J connectivity index is 2.67. The van der Waals surface area contributed by atoms with E-state index in [1.54, 1.807) is 6.92 Å². The quantitative estimate of drug-likeness (QED) is 0.565. The van der Waals surface area contributed by atoms with Gasteiger partial charge in [-0.1, -0.05) is 0 Å². The van der Waals surface area contributed by atoms with Crippen LogP contribution in [0.4, 0.5) is 0 Å². The Bertz CT molecular complexity index is 262. The third-order valence-corrected chi connectivity index (χ3v) is 1.86. The number of carbonyl (C=O) groups is 3. The molecule has 5 heteroatoms. The lowest BCUT2D eigenvalue weighted by Gasteiger charge is -2.31. The monoisotopic (exact) mass is 184 g/mol. The number of carbonyl (C=O) groups excluding carboxylic acids is 3. The molecular weight excluding hydrogens is 172 g/mol. The number of hydrazine groups is 1. The van der Waals surface area contributed by atoms with Crippen LogP contribution in [0.1, 0.15) is 26.7 Å². The number of ketones is 1. The average Bonchev–Trinajstić information content (AvgIpc) is 1.96. The highest BCUT2D eigenvalue weighted by atomic mass is 16.2. The summed E-state index contributed by atoms with van der Waals surface area (Å²) in [5, 5.41) is 1.23. The van der Waals surface area contributed by atoms with Crippen molar-refractivity contribution in [2.75, 3.05) is 0 Å². The summed E-state index contributed by atoms with van der Waals surface area (Å²) in [7, 11) is 0. The van der Waals surface area contributed by atoms with E-state index in [1.165, 1.54) is 11.9 Å². The summed E-state index contributed by atoms with van der Waals surface area (Å²) in [5.74, 6) is -0.701. The molecule has 0 spiro atoms. The Labute approximate surface area is 76.1 Å². The minimum absolute atomic E-state index is 0.0703. The van der Waals surface area contributed by atoms with E-state index in [-0.39, 0.29) is 30.1 Å². The zero-order valence-electron chi connectivity index (χ0n) is 7.66. The molecule has 0 aromatic rings. The molecule has 1 rings (SSSR count). The fourth-order valence-corrected chi connectivity index (χ4v) is 1.33. The number of nitrogens with zero attached hydrogens (tertiary/aromatic N) is 1. The van der Waals surface area contributed by atoms with Crippen molar-refractivity contribution in [1.29, 1.82) is 0 Å². The summed E-state index contributed by atoms with van der Waals surface area (Å²) in [6.07, 6.45) is 0.205. The molecule has 72 valence electrons. The zero-order chi connectivity index (χ0) is 10.0. The summed E-state index contributed by atoms with van der Waals surface area (Å²) in [6, 6.07) is -0.238. The van der Waals surface area contributed by atoms with Crippen LogP contribution in [0.15, 0.2) is 0 Å². The van der Waals surface area contributed by atoms with Gasteiger partial charge in [0.1, 0.15) is 5.78 Å². The summed E-state index contributed by atoms with van der Waals surface area (Å²) in [6.45, 7) is 3.06. The molecule has 1 atom stereocenters. The van der Waals surface area contributed by atoms with Gasteiger partial charge in [-0.3, -0.25) is 24.8 Å². The molecule has 0 radical (unpaired) electrons. The Morgan fingerprint density at radius 2 is 2.15 bits per heavy atom. The topological polar surface area (TPSA) is 66.5 Å². The molecule has 1 fully saturated rings. The largest absolute Gasteiger partial charge is 0.299 e. The molecular formula is C8H12N2O3. The highest BCUT2D eigenvalue weighted by Gasteiger charge is 2.30. The van der Waals surface area contributed by atoms with Crippen LogP contribution in [0.25, 0.3) is 0 Å². The van der Waals surface area contributed by atoms with Gasteiger partial charge in [-0.2, -0.15) is 0 Å². The standard InChI is InChI=1S/C8H12N2O3/c1-5-3-7(12)4-8(13)10(5)9-6(2)11/h5H,3-4H2,1-2H3,(H,9,11). The fraction of sp³-hybridized carbons (Fsp3) is 0.625. The maximum Gasteiger partial charge on any atom is 0.248 e. The lowest BCUT2D eigenvalue weighted by atomic mass is 10.0. The van der Waals surface area contributed by atoms with Crippen LogP contribution in [-0.4, -0.2) is 28.6 Å². The van der Waals surface area contributed by atoms with Gasteiger partial charge in [-0.15, -0.1) is 0 Å². The van der Waals surface area contributed by atoms with Crippen molar-refractivity contribution in [2.24, 2.45) is 0 Å². The maximum atomic E-state index is 11.2. The van der Waals surface area contributed by atoms with E-state index in [1.807, 2.05) is 0 Å². The van der Waals surface area contributed by atoms with E-state index >= 15 is 0 Å². The molecule has 1 heterocycles. The van der Waals surface area contributed by atoms with Crippen molar-refractivity contribution < 1.29 is 14.4 Å². The normalized spacial score (nSPS) is 23.2. The Morgan fingerprint density at radius 1 is 1.54 bits per heavy atom. The summed E-state index contributed by atoms with van der Waals surface area (Å²) < 4.78 is 0. The number of Topliss-reactive ketones (excluding diaryl/α,β-unsaturated/α-hetero) is 1. The van der Waals surface area contributed by atoms with Crippen molar-refractivity contribution in [3.8, 4) is 0 Å². The van der Waals surface area contributed by atoms with Crippen LogP contribution < -0.4 is 5.43 Å². The van der Waals surface area contributed by atoms with Gasteiger partial charge in [0.2, 0.25) is 11.8 Å². The third kappa shape index (κ3) is 2.27. The molecule has 5 nitrogen and oxygen atoms in total. The van der Waals surface area contributed by atoms with Gasteiger partial charge in [-0.05, 0) is 6.92 Å². The van der Waals surface area contributed by atoms with Crippen molar-refractivity contribution in [2.45, 2.75) is 32.7 Å². The van der Waals surface area contributed by atoms with Crippen LogP contribution in [0, 0.1) is 0 Å². The molecule has 0 aliphatic carbocycles. The second-order valence-electron chi connectivity index (χ2n) is 3.20. The van der Waals surface area contributed by atoms with Crippen LogP contribution in [0.3, 0.4) is 0 Å². The molecule has 0 bridgehead atoms. The Hall–Kier alpha value is -1.39. The van der Waals surface area contributed by atoms with Gasteiger partial charge in [0.05, 0.1) is 12.5 Å². The van der Waals surface area contributed by atoms with Gasteiger partial charge in [0.25, 0.3) is 0 Å². The van der Waals surface area contributed by atoms with E-state index in [0.29, 0.717) is 6.42 Å². The Morgan fingerprint density at radius 3 is 2.62 bits per heavy atom. The number of nitrogens with one attached hydrogen (secondary N) is 1. The molecule has 2 amide bonds. The second kappa shape index (κ2) is 3.55. The first-order valence-corrected chi connectivity index (χ1v) is 4.11. The summed E-state index contributed by atoms with van der Waals surface area (Å²) >= 11 is 0. The zero-order valence-corrected chi connectivity index (χ0v) is 7.66. The molecule has 0 aromatic heterocycles. The fourth-order valence-electron chi connectivity index (χ4n) is 1.33. The molecule has 1 unspecified atom stereocenters. The SMILES string of the molecule is CC(=O)NN1C(=O)CC(=O)CC1C. The van der Waals surface area contributed by atoms with Crippen molar-refractivity contribution >= 4 is 17.6 Å². The summed E-state index contributed by atoms with van der Waals surface area (Å²) in [4.78, 5) is 32.9. The molecule has 0 saturated carbocycles. The lowest BCUT2D eigenvalue weighted by molar-refractivity contribution is -0.150. The first-order valence-electron chi connectivity index (χ1n) is 4.11. The number of piperidine rings is 1. The van der Waals surface area contributed by atoms with E-state index in [0.717, 1.165) is 0 Å².